The average molecular weight is 350 g/mol. The van der Waals surface area contributed by atoms with Crippen LogP contribution in [0.15, 0.2) is 0 Å². The largest absolute Gasteiger partial charge is 0.465 e. The summed E-state index contributed by atoms with van der Waals surface area (Å²) in [4.78, 5) is 38.8. The first-order chi connectivity index (χ1) is 11.9. The first-order valence-corrected chi connectivity index (χ1v) is 8.68. The van der Waals surface area contributed by atoms with Gasteiger partial charge in [0.2, 0.25) is 0 Å². The van der Waals surface area contributed by atoms with E-state index in [-0.39, 0.29) is 24.2 Å². The second kappa shape index (κ2) is 8.69. The topological polar surface area (TPSA) is 97.5 Å². The van der Waals surface area contributed by atoms with Gasteiger partial charge in [-0.3, -0.25) is 4.79 Å². The molecule has 2 rings (SSSR count). The third-order valence-electron chi connectivity index (χ3n) is 4.59. The van der Waals surface area contributed by atoms with Crippen molar-refractivity contribution < 1.29 is 23.9 Å². The maximum Gasteiger partial charge on any atom is 0.355 e. The molecule has 0 saturated heterocycles. The van der Waals surface area contributed by atoms with Gasteiger partial charge < -0.3 is 19.8 Å². The second-order valence-corrected chi connectivity index (χ2v) is 6.45. The predicted octanol–water partition coefficient (Wildman–Crippen LogP) is 2.41. The SMILES string of the molecule is COC(=O)c1c(C)[nH]c(C(=O)OCC(=O)NC2CCCCCC2)c1C. The van der Waals surface area contributed by atoms with Crippen LogP contribution in [0.1, 0.15) is 70.6 Å². The van der Waals surface area contributed by atoms with Gasteiger partial charge in [-0.1, -0.05) is 25.7 Å². The molecule has 1 amide bonds. The van der Waals surface area contributed by atoms with Gasteiger partial charge in [0, 0.05) is 11.7 Å². The van der Waals surface area contributed by atoms with Crippen molar-refractivity contribution >= 4 is 17.8 Å². The Morgan fingerprint density at radius 2 is 1.72 bits per heavy atom. The van der Waals surface area contributed by atoms with Crippen LogP contribution in [0.5, 0.6) is 0 Å². The van der Waals surface area contributed by atoms with E-state index in [4.69, 9.17) is 9.47 Å². The molecule has 7 nitrogen and oxygen atoms in total. The molecule has 0 unspecified atom stereocenters. The lowest BCUT2D eigenvalue weighted by atomic mass is 10.1. The fraction of sp³-hybridized carbons (Fsp3) is 0.611. The molecular formula is C18H26N2O5. The fourth-order valence-electron chi connectivity index (χ4n) is 3.26. The summed E-state index contributed by atoms with van der Waals surface area (Å²) in [5.74, 6) is -1.47. The molecule has 0 atom stereocenters. The molecule has 0 radical (unpaired) electrons. The zero-order valence-electron chi connectivity index (χ0n) is 15.1. The number of H-pyrrole nitrogens is 1. The van der Waals surface area contributed by atoms with Crippen LogP contribution in [0.2, 0.25) is 0 Å². The molecule has 2 N–H and O–H groups in total. The Balaban J connectivity index is 1.91. The van der Waals surface area contributed by atoms with Gasteiger partial charge in [0.05, 0.1) is 12.7 Å². The number of carbonyl (C=O) groups is 3. The van der Waals surface area contributed by atoms with Crippen molar-refractivity contribution in [1.29, 1.82) is 0 Å². The highest BCUT2D eigenvalue weighted by Crippen LogP contribution is 2.20. The molecule has 0 bridgehead atoms. The summed E-state index contributed by atoms with van der Waals surface area (Å²) in [5.41, 5.74) is 1.47. The van der Waals surface area contributed by atoms with Crippen molar-refractivity contribution in [3.63, 3.8) is 0 Å². The van der Waals surface area contributed by atoms with E-state index in [9.17, 15) is 14.4 Å². The molecule has 1 fully saturated rings. The lowest BCUT2D eigenvalue weighted by molar-refractivity contribution is -0.125. The monoisotopic (exact) mass is 350 g/mol. The average Bonchev–Trinajstić information content (AvgIpc) is 2.76. The third kappa shape index (κ3) is 4.84. The van der Waals surface area contributed by atoms with E-state index in [0.29, 0.717) is 16.8 Å². The minimum Gasteiger partial charge on any atom is -0.465 e. The van der Waals surface area contributed by atoms with Gasteiger partial charge in [-0.25, -0.2) is 9.59 Å². The number of methoxy groups -OCH3 is 1. The van der Waals surface area contributed by atoms with Crippen molar-refractivity contribution in [3.05, 3.63) is 22.5 Å². The predicted molar refractivity (Wildman–Crippen MR) is 91.5 cm³/mol. The van der Waals surface area contributed by atoms with E-state index in [1.165, 1.54) is 20.0 Å². The summed E-state index contributed by atoms with van der Waals surface area (Å²) in [6.07, 6.45) is 6.57. The van der Waals surface area contributed by atoms with Gasteiger partial charge in [-0.15, -0.1) is 0 Å². The molecule has 1 aromatic rings. The van der Waals surface area contributed by atoms with Crippen molar-refractivity contribution in [2.24, 2.45) is 0 Å². The Labute approximate surface area is 147 Å². The smallest absolute Gasteiger partial charge is 0.355 e. The standard InChI is InChI=1S/C18H26N2O5/c1-11-15(17(22)24-3)12(2)19-16(11)18(23)25-10-14(21)20-13-8-6-4-5-7-9-13/h13,19H,4-10H2,1-3H3,(H,20,21). The third-order valence-corrected chi connectivity index (χ3v) is 4.59. The number of aryl methyl sites for hydroxylation is 1. The van der Waals surface area contributed by atoms with Crippen molar-refractivity contribution in [3.8, 4) is 0 Å². The van der Waals surface area contributed by atoms with Gasteiger partial charge in [0.15, 0.2) is 6.61 Å². The number of carbonyl (C=O) groups excluding carboxylic acids is 3. The maximum atomic E-state index is 12.2. The molecule has 0 spiro atoms. The number of hydrogen-bond donors (Lipinski definition) is 2. The Morgan fingerprint density at radius 3 is 2.32 bits per heavy atom. The van der Waals surface area contributed by atoms with E-state index in [0.717, 1.165) is 25.7 Å². The second-order valence-electron chi connectivity index (χ2n) is 6.45. The van der Waals surface area contributed by atoms with E-state index < -0.39 is 11.9 Å². The van der Waals surface area contributed by atoms with Crippen LogP contribution >= 0.6 is 0 Å². The van der Waals surface area contributed by atoms with E-state index >= 15 is 0 Å². The zero-order chi connectivity index (χ0) is 18.4. The van der Waals surface area contributed by atoms with Crippen LogP contribution in [-0.4, -0.2) is 42.6 Å². The lowest BCUT2D eigenvalue weighted by Crippen LogP contribution is -2.37. The number of aromatic amines is 1. The van der Waals surface area contributed by atoms with E-state index in [1.54, 1.807) is 13.8 Å². The number of rotatable bonds is 5. The molecule has 0 aromatic carbocycles. The molecule has 1 saturated carbocycles. The lowest BCUT2D eigenvalue weighted by Gasteiger charge is -2.16. The normalized spacial score (nSPS) is 15.3. The minimum atomic E-state index is -0.660. The van der Waals surface area contributed by atoms with Crippen molar-refractivity contribution in [2.75, 3.05) is 13.7 Å². The van der Waals surface area contributed by atoms with Gasteiger partial charge in [0.25, 0.3) is 5.91 Å². The fourth-order valence-corrected chi connectivity index (χ4v) is 3.26. The van der Waals surface area contributed by atoms with Gasteiger partial charge >= 0.3 is 11.9 Å². The van der Waals surface area contributed by atoms with Crippen LogP contribution in [0, 0.1) is 13.8 Å². The number of nitrogens with one attached hydrogen (secondary N) is 2. The van der Waals surface area contributed by atoms with Crippen LogP contribution in [0.25, 0.3) is 0 Å². The molecule has 1 aromatic heterocycles. The van der Waals surface area contributed by atoms with Gasteiger partial charge in [-0.05, 0) is 32.3 Å². The molecule has 1 aliphatic rings. The van der Waals surface area contributed by atoms with E-state index in [1.807, 2.05) is 0 Å². The summed E-state index contributed by atoms with van der Waals surface area (Å²) in [7, 11) is 1.28. The molecule has 25 heavy (non-hydrogen) atoms. The number of esters is 2. The summed E-state index contributed by atoms with van der Waals surface area (Å²) in [5, 5.41) is 2.92. The van der Waals surface area contributed by atoms with Gasteiger partial charge in [-0.2, -0.15) is 0 Å². The number of amides is 1. The molecule has 1 heterocycles. The number of ether oxygens (including phenoxy) is 2. The highest BCUT2D eigenvalue weighted by atomic mass is 16.5. The van der Waals surface area contributed by atoms with Crippen LogP contribution < -0.4 is 5.32 Å². The Bertz CT molecular complexity index is 642. The number of aromatic nitrogens is 1. The first kappa shape index (κ1) is 19.0. The Morgan fingerprint density at radius 1 is 1.08 bits per heavy atom. The highest BCUT2D eigenvalue weighted by molar-refractivity contribution is 5.99. The van der Waals surface area contributed by atoms with Crippen LogP contribution in [0.3, 0.4) is 0 Å². The van der Waals surface area contributed by atoms with Crippen molar-refractivity contribution in [1.82, 2.24) is 10.3 Å². The molecular weight excluding hydrogens is 324 g/mol. The van der Waals surface area contributed by atoms with E-state index in [2.05, 4.69) is 10.3 Å². The zero-order valence-corrected chi connectivity index (χ0v) is 15.1. The Hall–Kier alpha value is -2.31. The van der Waals surface area contributed by atoms with Gasteiger partial charge in [0.1, 0.15) is 5.69 Å². The molecule has 7 heteroatoms. The summed E-state index contributed by atoms with van der Waals surface area (Å²) in [6.45, 7) is 2.98. The Kier molecular flexibility index (Phi) is 6.61. The first-order valence-electron chi connectivity index (χ1n) is 8.68. The van der Waals surface area contributed by atoms with Crippen LogP contribution in [0.4, 0.5) is 0 Å². The molecule has 1 aliphatic carbocycles. The summed E-state index contributed by atoms with van der Waals surface area (Å²) in [6, 6.07) is 0.161. The molecule has 138 valence electrons. The minimum absolute atomic E-state index is 0.161. The highest BCUT2D eigenvalue weighted by Gasteiger charge is 2.24. The van der Waals surface area contributed by atoms with Crippen LogP contribution in [-0.2, 0) is 14.3 Å². The molecule has 0 aliphatic heterocycles. The van der Waals surface area contributed by atoms with Crippen molar-refractivity contribution in [2.45, 2.75) is 58.4 Å². The number of hydrogen-bond acceptors (Lipinski definition) is 5. The summed E-state index contributed by atoms with van der Waals surface area (Å²) < 4.78 is 9.80. The quantitative estimate of drug-likeness (QED) is 0.628. The maximum absolute atomic E-state index is 12.2. The summed E-state index contributed by atoms with van der Waals surface area (Å²) >= 11 is 0.